The number of benzene rings is 1. The molecule has 2 unspecified atom stereocenters. The van der Waals surface area contributed by atoms with Gasteiger partial charge in [0.05, 0.1) is 11.1 Å². The summed E-state index contributed by atoms with van der Waals surface area (Å²) in [4.78, 5) is 0. The molecule has 0 heterocycles. The van der Waals surface area contributed by atoms with E-state index in [9.17, 15) is 14.6 Å². The van der Waals surface area contributed by atoms with E-state index in [1.165, 1.54) is 18.2 Å². The molecule has 2 nitrogen and oxygen atoms in total. The van der Waals surface area contributed by atoms with Crippen LogP contribution in [0, 0.1) is 5.82 Å². The van der Waals surface area contributed by atoms with Crippen molar-refractivity contribution in [1.29, 1.82) is 0 Å². The zero-order valence-corrected chi connectivity index (χ0v) is 9.55. The first-order chi connectivity index (χ1) is 7.07. The van der Waals surface area contributed by atoms with Crippen molar-refractivity contribution in [2.75, 3.05) is 5.75 Å². The number of aliphatic hydroxyl groups is 2. The Morgan fingerprint density at radius 3 is 2.67 bits per heavy atom. The average Bonchev–Trinajstić information content (AvgIpc) is 2.21. The highest BCUT2D eigenvalue weighted by Gasteiger charge is 2.21. The highest BCUT2D eigenvalue weighted by atomic mass is 35.5. The highest BCUT2D eigenvalue weighted by Crippen LogP contribution is 2.28. The molecule has 1 aromatic carbocycles. The number of halogens is 2. The molecule has 0 aliphatic carbocycles. The molecule has 0 saturated heterocycles. The molecule has 0 amide bonds. The molecule has 0 fully saturated rings. The Morgan fingerprint density at radius 1 is 1.40 bits per heavy atom. The third-order valence-corrected chi connectivity index (χ3v) is 2.75. The average molecular weight is 251 g/mol. The van der Waals surface area contributed by atoms with Crippen LogP contribution in [-0.2, 0) is 0 Å². The summed E-state index contributed by atoms with van der Waals surface area (Å²) < 4.78 is 13.0. The molecule has 1 aromatic rings. The van der Waals surface area contributed by atoms with Gasteiger partial charge in [0.15, 0.2) is 0 Å². The minimum absolute atomic E-state index is 0.150. The second-order valence-corrected chi connectivity index (χ2v) is 3.99. The predicted octanol–water partition coefficient (Wildman–Crippen LogP) is 2.19. The minimum Gasteiger partial charge on any atom is -0.390 e. The molecule has 84 valence electrons. The Bertz CT molecular complexity index is 335. The highest BCUT2D eigenvalue weighted by molar-refractivity contribution is 7.80. The van der Waals surface area contributed by atoms with E-state index < -0.39 is 18.0 Å². The summed E-state index contributed by atoms with van der Waals surface area (Å²) in [5, 5.41) is 19.0. The van der Waals surface area contributed by atoms with Gasteiger partial charge in [0.25, 0.3) is 0 Å². The van der Waals surface area contributed by atoms with Crippen LogP contribution in [0.5, 0.6) is 0 Å². The maximum atomic E-state index is 13.0. The van der Waals surface area contributed by atoms with Crippen molar-refractivity contribution in [1.82, 2.24) is 0 Å². The van der Waals surface area contributed by atoms with Crippen LogP contribution in [-0.4, -0.2) is 22.1 Å². The standard InChI is InChI=1S/C10H12ClFO2S/c11-9-6(2-1-3-7(9)12)10(14)8(13)4-5-15/h1-3,8,10,13-15H,4-5H2. The van der Waals surface area contributed by atoms with Gasteiger partial charge in [0.1, 0.15) is 11.9 Å². The molecule has 0 aliphatic rings. The predicted molar refractivity (Wildman–Crippen MR) is 60.8 cm³/mol. The summed E-state index contributed by atoms with van der Waals surface area (Å²) in [6.07, 6.45) is -1.85. The van der Waals surface area contributed by atoms with Gasteiger partial charge in [-0.3, -0.25) is 0 Å². The van der Waals surface area contributed by atoms with Crippen molar-refractivity contribution in [3.05, 3.63) is 34.6 Å². The van der Waals surface area contributed by atoms with Crippen molar-refractivity contribution in [3.8, 4) is 0 Å². The van der Waals surface area contributed by atoms with Gasteiger partial charge in [-0.25, -0.2) is 4.39 Å². The largest absolute Gasteiger partial charge is 0.390 e. The molecule has 0 aliphatic heterocycles. The van der Waals surface area contributed by atoms with Crippen LogP contribution in [0.15, 0.2) is 18.2 Å². The van der Waals surface area contributed by atoms with E-state index in [1.807, 2.05) is 0 Å². The molecule has 5 heteroatoms. The van der Waals surface area contributed by atoms with Crippen LogP contribution < -0.4 is 0 Å². The SMILES string of the molecule is OC(CCS)C(O)c1cccc(F)c1Cl. The number of thiol groups is 1. The van der Waals surface area contributed by atoms with Gasteiger partial charge in [0, 0.05) is 5.56 Å². The van der Waals surface area contributed by atoms with Gasteiger partial charge in [-0.05, 0) is 18.2 Å². The molecule has 1 rings (SSSR count). The number of aliphatic hydroxyl groups excluding tert-OH is 2. The molecule has 0 aromatic heterocycles. The maximum absolute atomic E-state index is 13.0. The quantitative estimate of drug-likeness (QED) is 0.717. The van der Waals surface area contributed by atoms with Gasteiger partial charge in [-0.1, -0.05) is 23.7 Å². The van der Waals surface area contributed by atoms with E-state index in [2.05, 4.69) is 12.6 Å². The van der Waals surface area contributed by atoms with Crippen LogP contribution in [0.2, 0.25) is 5.02 Å². The summed E-state index contributed by atoms with van der Waals surface area (Å²) in [7, 11) is 0. The zero-order valence-electron chi connectivity index (χ0n) is 7.90. The first-order valence-corrected chi connectivity index (χ1v) is 5.50. The van der Waals surface area contributed by atoms with Crippen LogP contribution in [0.1, 0.15) is 18.1 Å². The Morgan fingerprint density at radius 2 is 2.07 bits per heavy atom. The normalized spacial score (nSPS) is 15.0. The van der Waals surface area contributed by atoms with Crippen molar-refractivity contribution < 1.29 is 14.6 Å². The monoisotopic (exact) mass is 250 g/mol. The van der Waals surface area contributed by atoms with E-state index in [0.29, 0.717) is 12.2 Å². The van der Waals surface area contributed by atoms with Crippen molar-refractivity contribution in [2.24, 2.45) is 0 Å². The van der Waals surface area contributed by atoms with Gasteiger partial charge >= 0.3 is 0 Å². The molecule has 15 heavy (non-hydrogen) atoms. The number of hydrogen-bond acceptors (Lipinski definition) is 3. The lowest BCUT2D eigenvalue weighted by Gasteiger charge is -2.18. The van der Waals surface area contributed by atoms with Crippen LogP contribution in [0.25, 0.3) is 0 Å². The lowest BCUT2D eigenvalue weighted by Crippen LogP contribution is -2.19. The van der Waals surface area contributed by atoms with Crippen molar-refractivity contribution >= 4 is 24.2 Å². The number of rotatable bonds is 4. The summed E-state index contributed by atoms with van der Waals surface area (Å²) >= 11 is 9.60. The first kappa shape index (κ1) is 12.8. The molecule has 0 saturated carbocycles. The van der Waals surface area contributed by atoms with Gasteiger partial charge in [-0.15, -0.1) is 0 Å². The Balaban J connectivity index is 2.90. The fourth-order valence-corrected chi connectivity index (χ4v) is 1.75. The summed E-state index contributed by atoms with van der Waals surface area (Å²) in [5.41, 5.74) is 0.200. The topological polar surface area (TPSA) is 40.5 Å². The minimum atomic E-state index is -1.18. The molecule has 2 atom stereocenters. The second-order valence-electron chi connectivity index (χ2n) is 3.17. The number of hydrogen-bond donors (Lipinski definition) is 3. The third-order valence-electron chi connectivity index (χ3n) is 2.09. The third kappa shape index (κ3) is 3.08. The maximum Gasteiger partial charge on any atom is 0.142 e. The lowest BCUT2D eigenvalue weighted by atomic mass is 10.0. The molecule has 0 bridgehead atoms. The van der Waals surface area contributed by atoms with Crippen LogP contribution in [0.4, 0.5) is 4.39 Å². The Hall–Kier alpha value is -0.290. The Kier molecular flexibility index (Phi) is 4.86. The fourth-order valence-electron chi connectivity index (χ4n) is 1.25. The van der Waals surface area contributed by atoms with Crippen LogP contribution in [0.3, 0.4) is 0 Å². The summed E-state index contributed by atoms with van der Waals surface area (Å²) in [5.74, 6) is -0.170. The van der Waals surface area contributed by atoms with Gasteiger partial charge in [0.2, 0.25) is 0 Å². The lowest BCUT2D eigenvalue weighted by molar-refractivity contribution is 0.0171. The van der Waals surface area contributed by atoms with E-state index in [1.54, 1.807) is 0 Å². The van der Waals surface area contributed by atoms with Crippen molar-refractivity contribution in [2.45, 2.75) is 18.6 Å². The van der Waals surface area contributed by atoms with E-state index >= 15 is 0 Å². The first-order valence-electron chi connectivity index (χ1n) is 4.48. The molecule has 2 N–H and O–H groups in total. The van der Waals surface area contributed by atoms with E-state index in [-0.39, 0.29) is 10.6 Å². The molecular formula is C10H12ClFO2S. The van der Waals surface area contributed by atoms with Gasteiger partial charge in [-0.2, -0.15) is 12.6 Å². The van der Waals surface area contributed by atoms with Crippen molar-refractivity contribution in [3.63, 3.8) is 0 Å². The fraction of sp³-hybridized carbons (Fsp3) is 0.400. The summed E-state index contributed by atoms with van der Waals surface area (Å²) in [6.45, 7) is 0. The van der Waals surface area contributed by atoms with E-state index in [0.717, 1.165) is 0 Å². The Labute approximate surface area is 98.1 Å². The zero-order chi connectivity index (χ0) is 11.4. The molecular weight excluding hydrogens is 239 g/mol. The molecule has 0 spiro atoms. The summed E-state index contributed by atoms with van der Waals surface area (Å²) in [6, 6.07) is 4.12. The second kappa shape index (κ2) is 5.70. The molecule has 0 radical (unpaired) electrons. The van der Waals surface area contributed by atoms with Gasteiger partial charge < -0.3 is 10.2 Å². The van der Waals surface area contributed by atoms with E-state index in [4.69, 9.17) is 11.6 Å². The van der Waals surface area contributed by atoms with Crippen LogP contribution >= 0.6 is 24.2 Å². The smallest absolute Gasteiger partial charge is 0.142 e.